The zero-order chi connectivity index (χ0) is 22.4. The normalized spacial score (nSPS) is 24.8. The molecule has 0 aromatic carbocycles. The first-order valence-corrected chi connectivity index (χ1v) is 11.6. The topological polar surface area (TPSA) is 91.4 Å². The number of ether oxygens (including phenoxy) is 2. The molecule has 0 radical (unpaired) electrons. The molecule has 3 heterocycles. The van der Waals surface area contributed by atoms with Gasteiger partial charge in [0.25, 0.3) is 0 Å². The highest BCUT2D eigenvalue weighted by atomic mass is 16.5. The maximum absolute atomic E-state index is 13.1. The van der Waals surface area contributed by atoms with Gasteiger partial charge in [0.05, 0.1) is 12.6 Å². The number of rotatable bonds is 10. The van der Waals surface area contributed by atoms with Crippen LogP contribution < -0.4 is 5.32 Å². The Kier molecular flexibility index (Phi) is 8.54. The lowest BCUT2D eigenvalue weighted by Crippen LogP contribution is -2.61. The summed E-state index contributed by atoms with van der Waals surface area (Å²) >= 11 is 0. The van der Waals surface area contributed by atoms with Crippen LogP contribution in [0.2, 0.25) is 0 Å². The van der Waals surface area contributed by atoms with E-state index in [1.165, 1.54) is 0 Å². The Bertz CT molecular complexity index is 637. The van der Waals surface area contributed by atoms with Gasteiger partial charge in [-0.1, -0.05) is 13.8 Å². The van der Waals surface area contributed by atoms with E-state index >= 15 is 0 Å². The first kappa shape index (κ1) is 23.8. The van der Waals surface area contributed by atoms with E-state index in [1.54, 1.807) is 16.9 Å². The second-order valence-corrected chi connectivity index (χ2v) is 9.34. The van der Waals surface area contributed by atoms with Crippen molar-refractivity contribution in [2.75, 3.05) is 59.7 Å². The van der Waals surface area contributed by atoms with Crippen molar-refractivity contribution in [3.8, 4) is 0 Å². The molecule has 0 spiro atoms. The van der Waals surface area contributed by atoms with Crippen molar-refractivity contribution in [1.29, 1.82) is 0 Å². The zero-order valence-electron chi connectivity index (χ0n) is 19.2. The smallest absolute Gasteiger partial charge is 0.321 e. The van der Waals surface area contributed by atoms with Crippen LogP contribution in [0.5, 0.6) is 0 Å². The summed E-state index contributed by atoms with van der Waals surface area (Å²) in [5.74, 6) is 0.728. The molecule has 4 amide bonds. The van der Waals surface area contributed by atoms with Crippen LogP contribution in [0.15, 0.2) is 0 Å². The van der Waals surface area contributed by atoms with E-state index in [2.05, 4.69) is 19.2 Å². The monoisotopic (exact) mass is 438 g/mol. The van der Waals surface area contributed by atoms with Gasteiger partial charge in [0, 0.05) is 46.5 Å². The standard InChI is InChI=1S/C22H38N4O5/c1-16(2)12-19-21(28)24(8-11-30-3)13-18-14-25(22(29)26(18)19)15-20(27)23-7-4-17-5-9-31-10-6-17/h16-19H,4-15H2,1-3H3,(H,23,27)/t18-,19-/m0/s1. The van der Waals surface area contributed by atoms with Crippen LogP contribution >= 0.6 is 0 Å². The van der Waals surface area contributed by atoms with Gasteiger partial charge < -0.3 is 29.5 Å². The Morgan fingerprint density at radius 1 is 1.19 bits per heavy atom. The molecule has 9 heteroatoms. The fourth-order valence-corrected chi connectivity index (χ4v) is 4.82. The summed E-state index contributed by atoms with van der Waals surface area (Å²) in [6.07, 6.45) is 3.65. The minimum absolute atomic E-state index is 0.0156. The summed E-state index contributed by atoms with van der Waals surface area (Å²) in [6, 6.07) is -0.750. The van der Waals surface area contributed by atoms with Crippen LogP contribution in [-0.4, -0.2) is 104 Å². The molecule has 0 aromatic heterocycles. The van der Waals surface area contributed by atoms with E-state index in [-0.39, 0.29) is 36.3 Å². The molecular weight excluding hydrogens is 400 g/mol. The summed E-state index contributed by atoms with van der Waals surface area (Å²) in [7, 11) is 1.62. The summed E-state index contributed by atoms with van der Waals surface area (Å²) < 4.78 is 10.5. The molecule has 0 saturated carbocycles. The number of piperazine rings is 1. The molecule has 3 rings (SSSR count). The van der Waals surface area contributed by atoms with Crippen LogP contribution in [0.25, 0.3) is 0 Å². The highest BCUT2D eigenvalue weighted by Gasteiger charge is 2.49. The van der Waals surface area contributed by atoms with E-state index in [4.69, 9.17) is 9.47 Å². The minimum Gasteiger partial charge on any atom is -0.383 e. The van der Waals surface area contributed by atoms with Gasteiger partial charge in [-0.25, -0.2) is 4.79 Å². The number of hydrogen-bond acceptors (Lipinski definition) is 5. The summed E-state index contributed by atoms with van der Waals surface area (Å²) in [6.45, 7) is 8.34. The van der Waals surface area contributed by atoms with Crippen LogP contribution in [0.4, 0.5) is 4.79 Å². The number of fused-ring (bicyclic) bond motifs is 1. The minimum atomic E-state index is -0.468. The Hall–Kier alpha value is -1.87. The van der Waals surface area contributed by atoms with Crippen molar-refractivity contribution in [2.45, 2.75) is 51.6 Å². The number of nitrogens with one attached hydrogen (secondary N) is 1. The summed E-state index contributed by atoms with van der Waals surface area (Å²) in [4.78, 5) is 43.8. The molecule has 9 nitrogen and oxygen atoms in total. The third kappa shape index (κ3) is 6.10. The molecule has 0 aliphatic carbocycles. The molecule has 3 fully saturated rings. The molecule has 1 N–H and O–H groups in total. The second-order valence-electron chi connectivity index (χ2n) is 9.34. The van der Waals surface area contributed by atoms with Gasteiger partial charge in [-0.15, -0.1) is 0 Å². The largest absolute Gasteiger partial charge is 0.383 e. The lowest BCUT2D eigenvalue weighted by atomic mass is 9.97. The molecule has 2 atom stereocenters. The van der Waals surface area contributed by atoms with Gasteiger partial charge in [0.15, 0.2) is 0 Å². The molecule has 31 heavy (non-hydrogen) atoms. The highest BCUT2D eigenvalue weighted by Crippen LogP contribution is 2.29. The number of methoxy groups -OCH3 is 1. The predicted molar refractivity (Wildman–Crippen MR) is 115 cm³/mol. The average molecular weight is 439 g/mol. The van der Waals surface area contributed by atoms with Crippen molar-refractivity contribution < 1.29 is 23.9 Å². The first-order chi connectivity index (χ1) is 14.9. The van der Waals surface area contributed by atoms with Gasteiger partial charge in [-0.3, -0.25) is 9.59 Å². The van der Waals surface area contributed by atoms with Crippen LogP contribution in [-0.2, 0) is 19.1 Å². The van der Waals surface area contributed by atoms with Crippen molar-refractivity contribution in [3.63, 3.8) is 0 Å². The van der Waals surface area contributed by atoms with Crippen molar-refractivity contribution in [3.05, 3.63) is 0 Å². The van der Waals surface area contributed by atoms with Gasteiger partial charge in [-0.05, 0) is 37.5 Å². The molecular formula is C22H38N4O5. The number of nitrogens with zero attached hydrogens (tertiary/aromatic N) is 3. The zero-order valence-corrected chi connectivity index (χ0v) is 19.2. The van der Waals surface area contributed by atoms with Crippen LogP contribution in [0, 0.1) is 11.8 Å². The van der Waals surface area contributed by atoms with E-state index in [9.17, 15) is 14.4 Å². The Morgan fingerprint density at radius 2 is 1.90 bits per heavy atom. The number of carbonyl (C=O) groups is 3. The SMILES string of the molecule is COCCN1C[C@H]2CN(CC(=O)NCCC3CCOCC3)C(=O)N2[C@@H](CC(C)C)C1=O. The average Bonchev–Trinajstić information content (AvgIpc) is 3.04. The van der Waals surface area contributed by atoms with Crippen molar-refractivity contribution in [1.82, 2.24) is 20.0 Å². The maximum Gasteiger partial charge on any atom is 0.321 e. The molecule has 0 unspecified atom stereocenters. The molecule has 0 aromatic rings. The molecule has 3 aliphatic rings. The maximum atomic E-state index is 13.1. The fourth-order valence-electron chi connectivity index (χ4n) is 4.82. The first-order valence-electron chi connectivity index (χ1n) is 11.6. The Balaban J connectivity index is 1.55. The van der Waals surface area contributed by atoms with Crippen molar-refractivity contribution in [2.24, 2.45) is 11.8 Å². The summed E-state index contributed by atoms with van der Waals surface area (Å²) in [5, 5.41) is 2.96. The third-order valence-electron chi connectivity index (χ3n) is 6.49. The third-order valence-corrected chi connectivity index (χ3v) is 6.49. The quantitative estimate of drug-likeness (QED) is 0.548. The highest BCUT2D eigenvalue weighted by molar-refractivity contribution is 5.91. The van der Waals surface area contributed by atoms with Crippen molar-refractivity contribution >= 4 is 17.8 Å². The second kappa shape index (κ2) is 11.1. The van der Waals surface area contributed by atoms with E-state index in [0.717, 1.165) is 32.5 Å². The summed E-state index contributed by atoms with van der Waals surface area (Å²) in [5.41, 5.74) is 0. The number of carbonyl (C=O) groups excluding carboxylic acids is 3. The predicted octanol–water partition coefficient (Wildman–Crippen LogP) is 0.929. The van der Waals surface area contributed by atoms with E-state index < -0.39 is 6.04 Å². The Morgan fingerprint density at radius 3 is 2.58 bits per heavy atom. The van der Waals surface area contributed by atoms with Gasteiger partial charge in [0.2, 0.25) is 11.8 Å². The lowest BCUT2D eigenvalue weighted by molar-refractivity contribution is -0.143. The van der Waals surface area contributed by atoms with Gasteiger partial charge in [0.1, 0.15) is 12.6 Å². The molecule has 3 aliphatic heterocycles. The molecule has 0 bridgehead atoms. The number of amides is 4. The Labute approximate surface area is 185 Å². The molecule has 3 saturated heterocycles. The van der Waals surface area contributed by atoms with Crippen LogP contribution in [0.1, 0.15) is 39.5 Å². The van der Waals surface area contributed by atoms with Gasteiger partial charge >= 0.3 is 6.03 Å². The van der Waals surface area contributed by atoms with Gasteiger partial charge in [-0.2, -0.15) is 0 Å². The lowest BCUT2D eigenvalue weighted by Gasteiger charge is -2.42. The van der Waals surface area contributed by atoms with E-state index in [1.807, 2.05) is 4.90 Å². The molecule has 176 valence electrons. The van der Waals surface area contributed by atoms with Crippen LogP contribution in [0.3, 0.4) is 0 Å². The number of urea groups is 1. The number of hydrogen-bond donors (Lipinski definition) is 1. The van der Waals surface area contributed by atoms with E-state index in [0.29, 0.717) is 45.1 Å². The fraction of sp³-hybridized carbons (Fsp3) is 0.864.